The third-order valence-electron chi connectivity index (χ3n) is 3.15. The first-order chi connectivity index (χ1) is 12.4. The summed E-state index contributed by atoms with van der Waals surface area (Å²) in [4.78, 5) is 37.0. The zero-order chi connectivity index (χ0) is 19.8. The van der Waals surface area contributed by atoms with Gasteiger partial charge in [-0.1, -0.05) is 19.0 Å². The first-order valence-electron chi connectivity index (χ1n) is 8.33. The average molecular weight is 373 g/mol. The predicted octanol–water partition coefficient (Wildman–Crippen LogP) is 0.452. The molecule has 3 N–H and O–H groups in total. The number of carbonyl (C=O) groups is 3. The number of carboxylic acids is 1. The molecule has 0 aliphatic heterocycles. The molecule has 26 heavy (non-hydrogen) atoms. The van der Waals surface area contributed by atoms with Gasteiger partial charge in [0.05, 0.1) is 32.8 Å². The van der Waals surface area contributed by atoms with Gasteiger partial charge in [-0.15, -0.1) is 0 Å². The third kappa shape index (κ3) is 13.0. The average Bonchev–Trinajstić information content (AvgIpc) is 2.57. The highest BCUT2D eigenvalue weighted by atomic mass is 16.5. The number of hydrogen-bond acceptors (Lipinski definition) is 6. The Bertz CT molecular complexity index is 493. The van der Waals surface area contributed by atoms with Crippen LogP contribution in [-0.4, -0.2) is 68.4 Å². The van der Waals surface area contributed by atoms with Gasteiger partial charge in [-0.25, -0.2) is 0 Å². The van der Waals surface area contributed by atoms with E-state index in [1.165, 1.54) is 0 Å². The minimum absolute atomic E-state index is 0.00997. The minimum Gasteiger partial charge on any atom is -0.481 e. The second-order valence-electron chi connectivity index (χ2n) is 5.65. The summed E-state index contributed by atoms with van der Waals surface area (Å²) in [5, 5.41) is 17.0. The molecule has 2 amide bonds. The van der Waals surface area contributed by atoms with Gasteiger partial charge < -0.3 is 25.2 Å². The molecule has 1 unspecified atom stereocenters. The fourth-order valence-corrected chi connectivity index (χ4v) is 1.82. The van der Waals surface area contributed by atoms with Gasteiger partial charge in [0.15, 0.2) is 0 Å². The van der Waals surface area contributed by atoms with Gasteiger partial charge in [-0.3, -0.25) is 14.4 Å². The van der Waals surface area contributed by atoms with Crippen LogP contribution < -0.4 is 10.6 Å². The second-order valence-corrected chi connectivity index (χ2v) is 5.65. The number of amides is 2. The normalized spacial score (nSPS) is 11.5. The van der Waals surface area contributed by atoms with Crippen LogP contribution in [0.5, 0.6) is 0 Å². The van der Waals surface area contributed by atoms with Crippen molar-refractivity contribution in [3.8, 4) is 0 Å². The van der Waals surface area contributed by atoms with Gasteiger partial charge in [0.25, 0.3) is 0 Å². The molecule has 0 saturated carbocycles. The summed E-state index contributed by atoms with van der Waals surface area (Å²) in [5.74, 6) is -1.89. The molecule has 0 bridgehead atoms. The first kappa shape index (κ1) is 23.6. The van der Waals surface area contributed by atoms with E-state index < -0.39 is 17.9 Å². The van der Waals surface area contributed by atoms with Crippen molar-refractivity contribution in [3.05, 3.63) is 10.4 Å². The van der Waals surface area contributed by atoms with E-state index in [1.807, 2.05) is 0 Å². The fourth-order valence-electron chi connectivity index (χ4n) is 1.82. The summed E-state index contributed by atoms with van der Waals surface area (Å²) in [6.45, 7) is 4.94. The Morgan fingerprint density at radius 3 is 2.35 bits per heavy atom. The molecule has 0 saturated heterocycles. The van der Waals surface area contributed by atoms with Crippen molar-refractivity contribution in [2.24, 2.45) is 11.0 Å². The van der Waals surface area contributed by atoms with Crippen LogP contribution in [0, 0.1) is 5.92 Å². The SMILES string of the molecule is CC(C)C(NC(=O)CCOCCOCCN=[N+]=[N-])C(=O)NCCC(=O)O. The van der Waals surface area contributed by atoms with Crippen LogP contribution in [0.4, 0.5) is 0 Å². The lowest BCUT2D eigenvalue weighted by atomic mass is 10.0. The number of azide groups is 1. The second kappa shape index (κ2) is 14.9. The van der Waals surface area contributed by atoms with Gasteiger partial charge in [0, 0.05) is 24.4 Å². The highest BCUT2D eigenvalue weighted by Crippen LogP contribution is 2.02. The van der Waals surface area contributed by atoms with Crippen LogP contribution in [0.15, 0.2) is 5.11 Å². The number of carboxylic acid groups (broad SMARTS) is 1. The molecule has 0 heterocycles. The van der Waals surface area contributed by atoms with E-state index in [9.17, 15) is 14.4 Å². The minimum atomic E-state index is -1.01. The maximum absolute atomic E-state index is 12.0. The van der Waals surface area contributed by atoms with Gasteiger partial charge in [0.1, 0.15) is 6.04 Å². The molecule has 0 radical (unpaired) electrons. The fraction of sp³-hybridized carbons (Fsp3) is 0.800. The van der Waals surface area contributed by atoms with E-state index in [-0.39, 0.29) is 44.4 Å². The van der Waals surface area contributed by atoms with E-state index in [4.69, 9.17) is 20.1 Å². The van der Waals surface area contributed by atoms with Crippen LogP contribution in [0.1, 0.15) is 26.7 Å². The molecular weight excluding hydrogens is 346 g/mol. The van der Waals surface area contributed by atoms with Crippen LogP contribution >= 0.6 is 0 Å². The Hall–Kier alpha value is -2.36. The smallest absolute Gasteiger partial charge is 0.305 e. The molecule has 0 aliphatic rings. The van der Waals surface area contributed by atoms with Crippen LogP contribution in [0.2, 0.25) is 0 Å². The lowest BCUT2D eigenvalue weighted by Crippen LogP contribution is -2.50. The Morgan fingerprint density at radius 1 is 1.12 bits per heavy atom. The van der Waals surface area contributed by atoms with E-state index in [2.05, 4.69) is 20.7 Å². The quantitative estimate of drug-likeness (QED) is 0.163. The van der Waals surface area contributed by atoms with Crippen molar-refractivity contribution in [3.63, 3.8) is 0 Å². The molecule has 0 aromatic carbocycles. The molecule has 0 aromatic heterocycles. The van der Waals surface area contributed by atoms with E-state index in [1.54, 1.807) is 13.8 Å². The summed E-state index contributed by atoms with van der Waals surface area (Å²) in [6.07, 6.45) is -0.0897. The number of nitrogens with zero attached hydrogens (tertiary/aromatic N) is 3. The van der Waals surface area contributed by atoms with Gasteiger partial charge in [-0.05, 0) is 11.4 Å². The van der Waals surface area contributed by atoms with Crippen LogP contribution in [0.25, 0.3) is 10.4 Å². The lowest BCUT2D eigenvalue weighted by Gasteiger charge is -2.21. The van der Waals surface area contributed by atoms with Crippen molar-refractivity contribution < 1.29 is 29.0 Å². The molecule has 148 valence electrons. The third-order valence-corrected chi connectivity index (χ3v) is 3.15. The Balaban J connectivity index is 3.95. The maximum atomic E-state index is 12.0. The monoisotopic (exact) mass is 373 g/mol. The molecule has 1 atom stereocenters. The molecule has 11 nitrogen and oxygen atoms in total. The topological polar surface area (TPSA) is 163 Å². The zero-order valence-electron chi connectivity index (χ0n) is 15.1. The maximum Gasteiger partial charge on any atom is 0.305 e. The van der Waals surface area contributed by atoms with E-state index in [0.29, 0.717) is 19.8 Å². The number of ether oxygens (including phenoxy) is 2. The Kier molecular flexibility index (Phi) is 13.6. The van der Waals surface area contributed by atoms with E-state index in [0.717, 1.165) is 0 Å². The molecule has 0 aromatic rings. The van der Waals surface area contributed by atoms with Crippen LogP contribution in [-0.2, 0) is 23.9 Å². The molecule has 0 spiro atoms. The largest absolute Gasteiger partial charge is 0.481 e. The Morgan fingerprint density at radius 2 is 1.77 bits per heavy atom. The van der Waals surface area contributed by atoms with Crippen molar-refractivity contribution in [1.82, 2.24) is 10.6 Å². The van der Waals surface area contributed by atoms with E-state index >= 15 is 0 Å². The molecule has 0 aliphatic carbocycles. The summed E-state index contributed by atoms with van der Waals surface area (Å²) in [6, 6.07) is -0.736. The van der Waals surface area contributed by atoms with Crippen molar-refractivity contribution in [2.75, 3.05) is 39.5 Å². The van der Waals surface area contributed by atoms with Crippen molar-refractivity contribution >= 4 is 17.8 Å². The highest BCUT2D eigenvalue weighted by molar-refractivity contribution is 5.88. The number of hydrogen-bond donors (Lipinski definition) is 3. The molecule has 0 rings (SSSR count). The number of nitrogens with one attached hydrogen (secondary N) is 2. The lowest BCUT2D eigenvalue weighted by molar-refractivity contribution is -0.137. The van der Waals surface area contributed by atoms with Crippen molar-refractivity contribution in [2.45, 2.75) is 32.7 Å². The molecular formula is C15H27N5O6. The standard InChI is InChI=1S/C15H27N5O6/c1-11(2)14(15(24)17-5-3-13(22)23)19-12(21)4-7-25-9-10-26-8-6-18-20-16/h11,14H,3-10H2,1-2H3,(H,17,24)(H,19,21)(H,22,23). The van der Waals surface area contributed by atoms with Gasteiger partial charge in [-0.2, -0.15) is 0 Å². The first-order valence-corrected chi connectivity index (χ1v) is 8.33. The number of aliphatic carboxylic acids is 1. The number of carbonyl (C=O) groups excluding carboxylic acids is 2. The number of rotatable bonds is 15. The van der Waals surface area contributed by atoms with Crippen molar-refractivity contribution in [1.29, 1.82) is 0 Å². The summed E-state index contributed by atoms with van der Waals surface area (Å²) in [5.41, 5.74) is 8.08. The predicted molar refractivity (Wildman–Crippen MR) is 92.3 cm³/mol. The summed E-state index contributed by atoms with van der Waals surface area (Å²) < 4.78 is 10.4. The molecule has 0 fully saturated rings. The van der Waals surface area contributed by atoms with Gasteiger partial charge in [0.2, 0.25) is 11.8 Å². The Labute approximate surface area is 152 Å². The van der Waals surface area contributed by atoms with Gasteiger partial charge >= 0.3 is 5.97 Å². The summed E-state index contributed by atoms with van der Waals surface area (Å²) >= 11 is 0. The molecule has 11 heteroatoms. The highest BCUT2D eigenvalue weighted by Gasteiger charge is 2.23. The summed E-state index contributed by atoms with van der Waals surface area (Å²) in [7, 11) is 0. The van der Waals surface area contributed by atoms with Crippen LogP contribution in [0.3, 0.4) is 0 Å². The zero-order valence-corrected chi connectivity index (χ0v) is 15.1.